The summed E-state index contributed by atoms with van der Waals surface area (Å²) in [6.07, 6.45) is 2.91. The molecule has 0 aromatic heterocycles. The molecule has 5 nitrogen and oxygen atoms in total. The van der Waals surface area contributed by atoms with E-state index >= 15 is 0 Å². The third-order valence-electron chi connectivity index (χ3n) is 6.66. The van der Waals surface area contributed by atoms with Crippen LogP contribution in [0.2, 0.25) is 0 Å². The second-order valence-electron chi connectivity index (χ2n) is 9.11. The quantitative estimate of drug-likeness (QED) is 0.259. The molecule has 0 spiro atoms. The van der Waals surface area contributed by atoms with Crippen LogP contribution in [0.3, 0.4) is 0 Å². The van der Waals surface area contributed by atoms with Crippen molar-refractivity contribution >= 4 is 16.5 Å². The summed E-state index contributed by atoms with van der Waals surface area (Å²) in [4.78, 5) is 2.17. The Morgan fingerprint density at radius 2 is 1.31 bits per heavy atom. The first-order valence-electron chi connectivity index (χ1n) is 12.0. The van der Waals surface area contributed by atoms with Crippen molar-refractivity contribution in [2.45, 2.75) is 29.9 Å². The first kappa shape index (κ1) is 24.0. The highest BCUT2D eigenvalue weighted by Gasteiger charge is 2.37. The molecule has 0 radical (unpaired) electrons. The molecule has 1 heterocycles. The van der Waals surface area contributed by atoms with Gasteiger partial charge in [0.15, 0.2) is 0 Å². The van der Waals surface area contributed by atoms with Gasteiger partial charge in [0.25, 0.3) is 0 Å². The van der Waals surface area contributed by atoms with E-state index in [9.17, 15) is 13.0 Å². The van der Waals surface area contributed by atoms with E-state index in [1.165, 1.54) is 22.8 Å². The van der Waals surface area contributed by atoms with Crippen molar-refractivity contribution in [1.82, 2.24) is 4.90 Å². The smallest absolute Gasteiger partial charge is 0.235 e. The van der Waals surface area contributed by atoms with Gasteiger partial charge in [0.05, 0.1) is 4.90 Å². The maximum Gasteiger partial charge on any atom is 0.235 e. The molecule has 0 N–H and O–H groups in total. The molecule has 4 aromatic rings. The van der Waals surface area contributed by atoms with Crippen LogP contribution in [0.15, 0.2) is 120 Å². The van der Waals surface area contributed by atoms with Crippen LogP contribution >= 0.6 is 0 Å². The highest BCUT2D eigenvalue weighted by Crippen LogP contribution is 2.31. The minimum Gasteiger partial charge on any atom is -0.744 e. The van der Waals surface area contributed by atoms with Crippen LogP contribution in [0, 0.1) is 0 Å². The molecule has 4 aromatic carbocycles. The SMILES string of the molecule is O=S(=O)([O-])c1ccccc1C[N+]1=CN(C(c2ccccc2)c2ccccc2)C[C@@H]1Cc1ccccc1. The Morgan fingerprint density at radius 3 is 1.89 bits per heavy atom. The van der Waals surface area contributed by atoms with Crippen LogP contribution < -0.4 is 0 Å². The van der Waals surface area contributed by atoms with Gasteiger partial charge in [-0.2, -0.15) is 0 Å². The lowest BCUT2D eigenvalue weighted by molar-refractivity contribution is -0.567. The van der Waals surface area contributed by atoms with Crippen molar-refractivity contribution in [2.75, 3.05) is 6.54 Å². The zero-order chi connectivity index (χ0) is 25.0. The monoisotopic (exact) mass is 496 g/mol. The van der Waals surface area contributed by atoms with Crippen molar-refractivity contribution in [3.8, 4) is 0 Å². The molecule has 6 heteroatoms. The van der Waals surface area contributed by atoms with Crippen LogP contribution in [0.4, 0.5) is 0 Å². The second-order valence-corrected chi connectivity index (χ2v) is 10.5. The molecule has 1 aliphatic rings. The lowest BCUT2D eigenvalue weighted by Crippen LogP contribution is -2.31. The Kier molecular flexibility index (Phi) is 6.98. The number of hydrogen-bond donors (Lipinski definition) is 0. The minimum atomic E-state index is -4.57. The molecule has 0 aliphatic carbocycles. The second kappa shape index (κ2) is 10.5. The normalized spacial score (nSPS) is 15.8. The van der Waals surface area contributed by atoms with Gasteiger partial charge in [0, 0.05) is 23.1 Å². The summed E-state index contributed by atoms with van der Waals surface area (Å²) >= 11 is 0. The molecule has 5 rings (SSSR count). The molecule has 0 amide bonds. The minimum absolute atomic E-state index is 0.00848. The molecular weight excluding hydrogens is 468 g/mol. The maximum absolute atomic E-state index is 11.9. The van der Waals surface area contributed by atoms with Crippen LogP contribution in [-0.4, -0.2) is 41.4 Å². The highest BCUT2D eigenvalue weighted by atomic mass is 32.2. The Hall–Kier alpha value is -3.74. The van der Waals surface area contributed by atoms with E-state index in [0.29, 0.717) is 12.1 Å². The Balaban J connectivity index is 1.55. The molecule has 0 unspecified atom stereocenters. The van der Waals surface area contributed by atoms with E-state index in [0.717, 1.165) is 13.0 Å². The van der Waals surface area contributed by atoms with Crippen LogP contribution in [0.25, 0.3) is 0 Å². The van der Waals surface area contributed by atoms with Gasteiger partial charge in [-0.05, 0) is 11.6 Å². The van der Waals surface area contributed by atoms with Gasteiger partial charge in [-0.15, -0.1) is 0 Å². The van der Waals surface area contributed by atoms with E-state index in [4.69, 9.17) is 0 Å². The molecule has 36 heavy (non-hydrogen) atoms. The fourth-order valence-electron chi connectivity index (χ4n) is 5.01. The molecule has 0 fully saturated rings. The topological polar surface area (TPSA) is 63.5 Å². The van der Waals surface area contributed by atoms with Crippen LogP contribution in [0.5, 0.6) is 0 Å². The standard InChI is InChI=1S/C30H28N2O3S/c33-36(34,35)29-19-11-10-18-27(29)21-31-23-32(22-28(31)20-24-12-4-1-5-13-24)30(25-14-6-2-7-15-25)26-16-8-3-9-17-26/h1-19,23,28,30H,20-22H2/t28-/m0/s1. The van der Waals surface area contributed by atoms with Gasteiger partial charge in [-0.1, -0.05) is 109 Å². The number of rotatable bonds is 8. The van der Waals surface area contributed by atoms with Gasteiger partial charge in [0.1, 0.15) is 35.3 Å². The van der Waals surface area contributed by atoms with Crippen molar-refractivity contribution < 1.29 is 17.5 Å². The van der Waals surface area contributed by atoms with Crippen LogP contribution in [-0.2, 0) is 23.1 Å². The summed E-state index contributed by atoms with van der Waals surface area (Å²) in [5.41, 5.74) is 4.09. The Bertz CT molecular complexity index is 1400. The van der Waals surface area contributed by atoms with Crippen molar-refractivity contribution in [2.24, 2.45) is 0 Å². The molecular formula is C30H28N2O3S. The first-order valence-corrected chi connectivity index (χ1v) is 13.4. The van der Waals surface area contributed by atoms with Gasteiger partial charge in [0.2, 0.25) is 6.34 Å². The van der Waals surface area contributed by atoms with E-state index in [1.807, 2.05) is 30.3 Å². The lowest BCUT2D eigenvalue weighted by atomic mass is 9.97. The summed E-state index contributed by atoms with van der Waals surface area (Å²) in [7, 11) is -4.57. The average Bonchev–Trinajstić information content (AvgIpc) is 3.27. The predicted molar refractivity (Wildman–Crippen MR) is 140 cm³/mol. The zero-order valence-corrected chi connectivity index (χ0v) is 20.7. The van der Waals surface area contributed by atoms with Gasteiger partial charge in [-0.25, -0.2) is 8.42 Å². The zero-order valence-electron chi connectivity index (χ0n) is 19.9. The largest absolute Gasteiger partial charge is 0.744 e. The summed E-state index contributed by atoms with van der Waals surface area (Å²) in [6.45, 7) is 1.09. The highest BCUT2D eigenvalue weighted by molar-refractivity contribution is 7.85. The summed E-state index contributed by atoms with van der Waals surface area (Å²) < 4.78 is 38.0. The third kappa shape index (κ3) is 5.40. The maximum atomic E-state index is 11.9. The van der Waals surface area contributed by atoms with E-state index in [1.54, 1.807) is 18.2 Å². The van der Waals surface area contributed by atoms with Crippen LogP contribution in [0.1, 0.15) is 28.3 Å². The fraction of sp³-hybridized carbons (Fsp3) is 0.167. The molecule has 0 saturated heterocycles. The molecule has 1 atom stereocenters. The van der Waals surface area contributed by atoms with E-state index in [-0.39, 0.29) is 17.0 Å². The fourth-order valence-corrected chi connectivity index (χ4v) is 5.71. The van der Waals surface area contributed by atoms with Crippen molar-refractivity contribution in [3.63, 3.8) is 0 Å². The summed E-state index contributed by atoms with van der Waals surface area (Å²) in [6, 6.07) is 37.7. The Morgan fingerprint density at radius 1 is 0.778 bits per heavy atom. The Labute approximate surface area is 212 Å². The van der Waals surface area contributed by atoms with E-state index < -0.39 is 10.1 Å². The summed E-state index contributed by atoms with van der Waals surface area (Å²) in [5.74, 6) is 0. The molecule has 0 bridgehead atoms. The van der Waals surface area contributed by atoms with Gasteiger partial charge >= 0.3 is 0 Å². The average molecular weight is 497 g/mol. The first-order chi connectivity index (χ1) is 17.5. The number of hydrogen-bond acceptors (Lipinski definition) is 4. The third-order valence-corrected chi connectivity index (χ3v) is 7.60. The number of nitrogens with zero attached hydrogens (tertiary/aromatic N) is 2. The number of benzene rings is 4. The van der Waals surface area contributed by atoms with Gasteiger partial charge < -0.3 is 4.55 Å². The molecule has 182 valence electrons. The summed E-state index contributed by atoms with van der Waals surface area (Å²) in [5, 5.41) is 0. The van der Waals surface area contributed by atoms with Gasteiger partial charge in [-0.3, -0.25) is 9.48 Å². The molecule has 0 saturated carbocycles. The predicted octanol–water partition coefficient (Wildman–Crippen LogP) is 4.85. The van der Waals surface area contributed by atoms with Crippen molar-refractivity contribution in [3.05, 3.63) is 138 Å². The van der Waals surface area contributed by atoms with Crippen molar-refractivity contribution in [1.29, 1.82) is 0 Å². The van der Waals surface area contributed by atoms with E-state index in [2.05, 4.69) is 76.5 Å². The molecule has 1 aliphatic heterocycles. The lowest BCUT2D eigenvalue weighted by Gasteiger charge is -2.22.